The molecule has 3 amide bonds. The molecule has 0 saturated heterocycles. The maximum absolute atomic E-state index is 12.9. The highest BCUT2D eigenvalue weighted by molar-refractivity contribution is 7.17. The molecule has 1 heterocycles. The number of aromatic nitrogens is 1. The van der Waals surface area contributed by atoms with E-state index < -0.39 is 29.5 Å². The van der Waals surface area contributed by atoms with Crippen molar-refractivity contribution in [2.24, 2.45) is 0 Å². The zero-order chi connectivity index (χ0) is 21.9. The molecule has 3 aromatic rings. The Kier molecular flexibility index (Phi) is 6.01. The summed E-state index contributed by atoms with van der Waals surface area (Å²) < 4.78 is 51.3. The Labute approximate surface area is 172 Å². The fraction of sp³-hybridized carbons (Fsp3) is 0.105. The van der Waals surface area contributed by atoms with Gasteiger partial charge in [0.05, 0.1) is 11.3 Å². The van der Waals surface area contributed by atoms with E-state index in [1.807, 2.05) is 0 Å². The summed E-state index contributed by atoms with van der Waals surface area (Å²) >= 11 is 0.861. The Bertz CT molecular complexity index is 1080. The normalized spacial score (nSPS) is 11.1. The molecule has 0 fully saturated rings. The average Bonchev–Trinajstić information content (AvgIpc) is 3.03. The molecule has 11 heteroatoms. The third-order valence-corrected chi connectivity index (χ3v) is 4.84. The zero-order valence-electron chi connectivity index (χ0n) is 15.3. The number of rotatable bonds is 4. The first-order valence-corrected chi connectivity index (χ1v) is 9.23. The predicted molar refractivity (Wildman–Crippen MR) is 105 cm³/mol. The zero-order valence-corrected chi connectivity index (χ0v) is 16.1. The number of nitrogens with zero attached hydrogens (tertiary/aromatic N) is 1. The summed E-state index contributed by atoms with van der Waals surface area (Å²) in [4.78, 5) is 28.7. The minimum Gasteiger partial charge on any atom is -0.321 e. The van der Waals surface area contributed by atoms with E-state index in [4.69, 9.17) is 0 Å². The van der Waals surface area contributed by atoms with E-state index in [0.29, 0.717) is 11.4 Å². The van der Waals surface area contributed by atoms with Gasteiger partial charge in [-0.3, -0.25) is 10.1 Å². The summed E-state index contributed by atoms with van der Waals surface area (Å²) in [5.41, 5.74) is -0.265. The van der Waals surface area contributed by atoms with Crippen LogP contribution in [-0.2, 0) is 6.18 Å². The van der Waals surface area contributed by atoms with Gasteiger partial charge in [-0.05, 0) is 49.4 Å². The van der Waals surface area contributed by atoms with E-state index in [-0.39, 0.29) is 15.7 Å². The summed E-state index contributed by atoms with van der Waals surface area (Å²) in [7, 11) is 0. The molecule has 0 radical (unpaired) electrons. The highest BCUT2D eigenvalue weighted by Crippen LogP contribution is 2.31. The number of amides is 3. The molecule has 3 rings (SSSR count). The Morgan fingerprint density at radius 1 is 0.967 bits per heavy atom. The van der Waals surface area contributed by atoms with Crippen LogP contribution in [0, 0.1) is 12.7 Å². The van der Waals surface area contributed by atoms with Crippen molar-refractivity contribution in [1.29, 1.82) is 0 Å². The van der Waals surface area contributed by atoms with Gasteiger partial charge in [0.25, 0.3) is 5.91 Å². The van der Waals surface area contributed by atoms with Crippen molar-refractivity contribution in [3.63, 3.8) is 0 Å². The number of hydrogen-bond donors (Lipinski definition) is 3. The molecule has 6 nitrogen and oxygen atoms in total. The van der Waals surface area contributed by atoms with E-state index in [2.05, 4.69) is 20.9 Å². The second-order valence-electron chi connectivity index (χ2n) is 6.05. The molecule has 0 bridgehead atoms. The van der Waals surface area contributed by atoms with Crippen LogP contribution in [0.3, 0.4) is 0 Å². The molecule has 0 aliphatic carbocycles. The number of nitrogens with one attached hydrogen (secondary N) is 3. The van der Waals surface area contributed by atoms with Gasteiger partial charge in [0.1, 0.15) is 10.7 Å². The maximum Gasteiger partial charge on any atom is 0.416 e. The van der Waals surface area contributed by atoms with Gasteiger partial charge in [-0.15, -0.1) is 0 Å². The van der Waals surface area contributed by atoms with Crippen molar-refractivity contribution >= 4 is 39.8 Å². The molecule has 0 aliphatic heterocycles. The van der Waals surface area contributed by atoms with Crippen LogP contribution in [0.1, 0.15) is 20.9 Å². The lowest BCUT2D eigenvalue weighted by atomic mass is 10.2. The first-order valence-electron chi connectivity index (χ1n) is 8.41. The van der Waals surface area contributed by atoms with Crippen LogP contribution in [-0.4, -0.2) is 16.9 Å². The van der Waals surface area contributed by atoms with Crippen molar-refractivity contribution in [1.82, 2.24) is 4.98 Å². The summed E-state index contributed by atoms with van der Waals surface area (Å²) in [5.74, 6) is -1.11. The first-order chi connectivity index (χ1) is 14.1. The molecule has 0 aliphatic rings. The molecule has 156 valence electrons. The van der Waals surface area contributed by atoms with Gasteiger partial charge in [0, 0.05) is 11.4 Å². The SMILES string of the molecule is Cc1nc(NC(=O)Nc2ccc(F)cc2)sc1C(=O)Nc1cccc(C(F)(F)F)c1. The molecule has 0 atom stereocenters. The number of halogens is 4. The minimum absolute atomic E-state index is 0.0220. The molecule has 0 saturated carbocycles. The molecule has 3 N–H and O–H groups in total. The Balaban J connectivity index is 1.67. The van der Waals surface area contributed by atoms with Gasteiger partial charge in [-0.1, -0.05) is 17.4 Å². The third-order valence-electron chi connectivity index (χ3n) is 3.77. The number of carbonyl (C=O) groups excluding carboxylic acids is 2. The molecule has 0 spiro atoms. The van der Waals surface area contributed by atoms with Gasteiger partial charge in [-0.25, -0.2) is 14.2 Å². The summed E-state index contributed by atoms with van der Waals surface area (Å²) in [6.45, 7) is 1.53. The topological polar surface area (TPSA) is 83.1 Å². The highest BCUT2D eigenvalue weighted by Gasteiger charge is 2.30. The van der Waals surface area contributed by atoms with Crippen LogP contribution in [0.2, 0.25) is 0 Å². The average molecular weight is 438 g/mol. The van der Waals surface area contributed by atoms with Gasteiger partial charge in [-0.2, -0.15) is 13.2 Å². The summed E-state index contributed by atoms with van der Waals surface area (Å²) in [6, 6.07) is 8.69. The molecule has 2 aromatic carbocycles. The molecular formula is C19H14F4N4O2S. The van der Waals surface area contributed by atoms with E-state index in [0.717, 1.165) is 23.5 Å². The fourth-order valence-corrected chi connectivity index (χ4v) is 3.27. The summed E-state index contributed by atoms with van der Waals surface area (Å²) in [6.07, 6.45) is -4.53. The quantitative estimate of drug-likeness (QED) is 0.470. The second kappa shape index (κ2) is 8.49. The van der Waals surface area contributed by atoms with Crippen LogP contribution < -0.4 is 16.0 Å². The van der Waals surface area contributed by atoms with Crippen molar-refractivity contribution in [3.05, 3.63) is 70.5 Å². The van der Waals surface area contributed by atoms with Gasteiger partial charge >= 0.3 is 12.2 Å². The Hall–Kier alpha value is -3.47. The lowest BCUT2D eigenvalue weighted by Gasteiger charge is -2.09. The maximum atomic E-state index is 12.9. The number of benzene rings is 2. The standard InChI is InChI=1S/C19H14F4N4O2S/c1-10-15(16(28)25-14-4-2-3-11(9-14)19(21,22)23)30-18(24-10)27-17(29)26-13-7-5-12(20)6-8-13/h2-9H,1H3,(H,25,28)(H2,24,26,27,29). The number of alkyl halides is 3. The van der Waals surface area contributed by atoms with E-state index in [1.54, 1.807) is 0 Å². The number of hydrogen-bond acceptors (Lipinski definition) is 4. The predicted octanol–water partition coefficient (Wildman–Crippen LogP) is 5.51. The van der Waals surface area contributed by atoms with Gasteiger partial charge < -0.3 is 10.6 Å². The number of carbonyl (C=O) groups is 2. The lowest BCUT2D eigenvalue weighted by molar-refractivity contribution is -0.137. The lowest BCUT2D eigenvalue weighted by Crippen LogP contribution is -2.19. The van der Waals surface area contributed by atoms with Gasteiger partial charge in [0.2, 0.25) is 0 Å². The van der Waals surface area contributed by atoms with Crippen LogP contribution in [0.15, 0.2) is 48.5 Å². The Morgan fingerprint density at radius 2 is 1.67 bits per heavy atom. The van der Waals surface area contributed by atoms with Crippen molar-refractivity contribution in [2.75, 3.05) is 16.0 Å². The minimum atomic E-state index is -4.53. The smallest absolute Gasteiger partial charge is 0.321 e. The molecule has 0 unspecified atom stereocenters. The monoisotopic (exact) mass is 438 g/mol. The Morgan fingerprint density at radius 3 is 2.33 bits per heavy atom. The first kappa shape index (κ1) is 21.2. The number of urea groups is 1. The van der Waals surface area contributed by atoms with Crippen molar-refractivity contribution in [3.8, 4) is 0 Å². The molecule has 30 heavy (non-hydrogen) atoms. The van der Waals surface area contributed by atoms with Gasteiger partial charge in [0.15, 0.2) is 5.13 Å². The van der Waals surface area contributed by atoms with Crippen molar-refractivity contribution in [2.45, 2.75) is 13.1 Å². The number of aryl methyl sites for hydroxylation is 1. The number of anilines is 3. The van der Waals surface area contributed by atoms with E-state index >= 15 is 0 Å². The number of thiazole rings is 1. The largest absolute Gasteiger partial charge is 0.416 e. The highest BCUT2D eigenvalue weighted by atomic mass is 32.1. The fourth-order valence-electron chi connectivity index (χ4n) is 2.41. The van der Waals surface area contributed by atoms with E-state index in [9.17, 15) is 27.2 Å². The summed E-state index contributed by atoms with van der Waals surface area (Å²) in [5, 5.41) is 7.43. The van der Waals surface area contributed by atoms with E-state index in [1.165, 1.54) is 43.3 Å². The van der Waals surface area contributed by atoms with Crippen LogP contribution in [0.25, 0.3) is 0 Å². The van der Waals surface area contributed by atoms with Crippen LogP contribution >= 0.6 is 11.3 Å². The third kappa shape index (κ3) is 5.32. The van der Waals surface area contributed by atoms with Crippen molar-refractivity contribution < 1.29 is 27.2 Å². The second-order valence-corrected chi connectivity index (χ2v) is 7.05. The molecular weight excluding hydrogens is 424 g/mol. The molecule has 1 aromatic heterocycles. The van der Waals surface area contributed by atoms with Crippen LogP contribution in [0.4, 0.5) is 38.9 Å². The van der Waals surface area contributed by atoms with Crippen LogP contribution in [0.5, 0.6) is 0 Å².